The molecule has 4 rings (SSSR count). The molecule has 4 nitrogen and oxygen atoms in total. The molecule has 28 heavy (non-hydrogen) atoms. The highest BCUT2D eigenvalue weighted by atomic mass is 16.4. The van der Waals surface area contributed by atoms with Gasteiger partial charge in [-0.3, -0.25) is 4.79 Å². The summed E-state index contributed by atoms with van der Waals surface area (Å²) in [7, 11) is 0. The molecule has 10 atom stereocenters. The zero-order valence-electron chi connectivity index (χ0n) is 17.9. The van der Waals surface area contributed by atoms with Crippen LogP contribution in [0.5, 0.6) is 0 Å². The quantitative estimate of drug-likeness (QED) is 0.659. The summed E-state index contributed by atoms with van der Waals surface area (Å²) >= 11 is 0. The minimum absolute atomic E-state index is 0.179. The largest absolute Gasteiger partial charge is 0.481 e. The summed E-state index contributed by atoms with van der Waals surface area (Å²) in [5, 5.41) is 30.5. The van der Waals surface area contributed by atoms with Gasteiger partial charge in [-0.1, -0.05) is 20.8 Å². The average molecular weight is 393 g/mol. The first kappa shape index (κ1) is 20.7. The van der Waals surface area contributed by atoms with Crippen LogP contribution in [0.4, 0.5) is 0 Å². The number of hydrogen-bond donors (Lipinski definition) is 3. The third-order valence-corrected chi connectivity index (χ3v) is 10.2. The van der Waals surface area contributed by atoms with E-state index in [0.717, 1.165) is 32.1 Å². The van der Waals surface area contributed by atoms with Gasteiger partial charge in [0.05, 0.1) is 12.2 Å². The molecule has 0 aromatic rings. The Bertz CT molecular complexity index is 605. The van der Waals surface area contributed by atoms with E-state index in [4.69, 9.17) is 5.11 Å². The van der Waals surface area contributed by atoms with Crippen LogP contribution in [0.2, 0.25) is 0 Å². The van der Waals surface area contributed by atoms with E-state index in [1.807, 2.05) is 0 Å². The smallest absolute Gasteiger partial charge is 0.303 e. The summed E-state index contributed by atoms with van der Waals surface area (Å²) in [5.41, 5.74) is 0.523. The molecule has 0 aliphatic heterocycles. The summed E-state index contributed by atoms with van der Waals surface area (Å²) in [6.45, 7) is 7.16. The van der Waals surface area contributed by atoms with Gasteiger partial charge in [-0.25, -0.2) is 0 Å². The third kappa shape index (κ3) is 3.14. The van der Waals surface area contributed by atoms with E-state index in [9.17, 15) is 15.0 Å². The van der Waals surface area contributed by atoms with Crippen LogP contribution in [0.25, 0.3) is 0 Å². The monoisotopic (exact) mass is 392 g/mol. The lowest BCUT2D eigenvalue weighted by Crippen LogP contribution is -2.58. The Balaban J connectivity index is 1.55. The van der Waals surface area contributed by atoms with E-state index in [0.29, 0.717) is 35.5 Å². The molecule has 160 valence electrons. The van der Waals surface area contributed by atoms with Crippen LogP contribution in [-0.2, 0) is 4.79 Å². The van der Waals surface area contributed by atoms with E-state index < -0.39 is 5.97 Å². The molecule has 4 aliphatic rings. The number of carbonyl (C=O) groups is 1. The highest BCUT2D eigenvalue weighted by Gasteiger charge is 2.62. The molecule has 0 radical (unpaired) electrons. The summed E-state index contributed by atoms with van der Waals surface area (Å²) < 4.78 is 0. The normalized spacial score (nSPS) is 51.7. The van der Waals surface area contributed by atoms with Gasteiger partial charge in [0, 0.05) is 6.42 Å². The van der Waals surface area contributed by atoms with Crippen LogP contribution in [-0.4, -0.2) is 33.5 Å². The Morgan fingerprint density at radius 1 is 1.00 bits per heavy atom. The molecular weight excluding hydrogens is 352 g/mol. The van der Waals surface area contributed by atoms with Crippen molar-refractivity contribution in [3.8, 4) is 0 Å². The molecule has 0 aromatic carbocycles. The second kappa shape index (κ2) is 7.27. The van der Waals surface area contributed by atoms with Crippen LogP contribution in [0, 0.1) is 46.3 Å². The molecule has 0 saturated heterocycles. The lowest BCUT2D eigenvalue weighted by atomic mass is 9.43. The lowest BCUT2D eigenvalue weighted by molar-refractivity contribution is -0.174. The van der Waals surface area contributed by atoms with Crippen molar-refractivity contribution in [3.63, 3.8) is 0 Å². The Kier molecular flexibility index (Phi) is 5.36. The van der Waals surface area contributed by atoms with E-state index in [2.05, 4.69) is 20.8 Å². The summed E-state index contributed by atoms with van der Waals surface area (Å²) in [5.74, 6) is 2.36. The molecule has 4 saturated carbocycles. The molecule has 5 unspecified atom stereocenters. The minimum atomic E-state index is -0.684. The van der Waals surface area contributed by atoms with Crippen LogP contribution < -0.4 is 0 Å². The summed E-state index contributed by atoms with van der Waals surface area (Å²) in [6, 6.07) is 0. The topological polar surface area (TPSA) is 77.8 Å². The summed E-state index contributed by atoms with van der Waals surface area (Å²) in [4.78, 5) is 11.1. The molecule has 4 heteroatoms. The molecule has 0 heterocycles. The number of hydrogen-bond acceptors (Lipinski definition) is 3. The maximum absolute atomic E-state index is 11.2. The number of aliphatic hydroxyl groups is 2. The van der Waals surface area contributed by atoms with Gasteiger partial charge in [0.2, 0.25) is 0 Å². The average Bonchev–Trinajstić information content (AvgIpc) is 2.98. The zero-order chi connectivity index (χ0) is 20.3. The molecular formula is C24H40O4. The maximum Gasteiger partial charge on any atom is 0.303 e. The number of aliphatic carboxylic acids is 1. The van der Waals surface area contributed by atoms with Crippen LogP contribution in [0.1, 0.15) is 85.0 Å². The van der Waals surface area contributed by atoms with E-state index in [-0.39, 0.29) is 29.5 Å². The van der Waals surface area contributed by atoms with Gasteiger partial charge in [0.1, 0.15) is 0 Å². The second-order valence-corrected chi connectivity index (χ2v) is 11.4. The van der Waals surface area contributed by atoms with Crippen molar-refractivity contribution in [2.45, 2.75) is 97.2 Å². The zero-order valence-corrected chi connectivity index (χ0v) is 17.9. The Labute approximate surface area is 170 Å². The fourth-order valence-electron chi connectivity index (χ4n) is 8.73. The van der Waals surface area contributed by atoms with E-state index in [1.165, 1.54) is 25.7 Å². The van der Waals surface area contributed by atoms with Crippen molar-refractivity contribution < 1.29 is 20.1 Å². The first-order valence-electron chi connectivity index (χ1n) is 11.7. The van der Waals surface area contributed by atoms with E-state index in [1.54, 1.807) is 0 Å². The first-order chi connectivity index (χ1) is 13.2. The first-order valence-corrected chi connectivity index (χ1v) is 11.7. The highest BCUT2D eigenvalue weighted by molar-refractivity contribution is 5.66. The molecule has 0 aromatic heterocycles. The Morgan fingerprint density at radius 3 is 2.39 bits per heavy atom. The molecule has 3 N–H and O–H groups in total. The van der Waals surface area contributed by atoms with Crippen molar-refractivity contribution in [2.24, 2.45) is 46.3 Å². The van der Waals surface area contributed by atoms with Crippen molar-refractivity contribution in [2.75, 3.05) is 0 Å². The van der Waals surface area contributed by atoms with Gasteiger partial charge in [-0.2, -0.15) is 0 Å². The fraction of sp³-hybridized carbons (Fsp3) is 0.958. The van der Waals surface area contributed by atoms with Gasteiger partial charge in [0.15, 0.2) is 0 Å². The van der Waals surface area contributed by atoms with Gasteiger partial charge < -0.3 is 15.3 Å². The van der Waals surface area contributed by atoms with Crippen molar-refractivity contribution in [1.29, 1.82) is 0 Å². The van der Waals surface area contributed by atoms with E-state index >= 15 is 0 Å². The van der Waals surface area contributed by atoms with Crippen LogP contribution >= 0.6 is 0 Å². The number of rotatable bonds is 4. The van der Waals surface area contributed by atoms with Gasteiger partial charge in [0.25, 0.3) is 0 Å². The Morgan fingerprint density at radius 2 is 1.68 bits per heavy atom. The van der Waals surface area contributed by atoms with Gasteiger partial charge in [-0.15, -0.1) is 0 Å². The molecule has 4 fully saturated rings. The predicted octanol–water partition coefficient (Wildman–Crippen LogP) is 4.48. The fourth-order valence-corrected chi connectivity index (χ4v) is 8.73. The number of aliphatic hydroxyl groups excluding tert-OH is 2. The second-order valence-electron chi connectivity index (χ2n) is 11.4. The molecule has 0 spiro atoms. The Hall–Kier alpha value is -0.610. The number of fused-ring (bicyclic) bond motifs is 5. The molecule has 0 amide bonds. The third-order valence-electron chi connectivity index (χ3n) is 10.2. The SMILES string of the molecule is C[C@H](CCC(=O)O)[C@H]1CCC2C3C(CC[C@@]21C)[C@@]1(C)CCC(O)CC1C[C@@H]3O. The molecule has 4 aliphatic carbocycles. The lowest BCUT2D eigenvalue weighted by Gasteiger charge is -2.62. The van der Waals surface area contributed by atoms with Gasteiger partial charge >= 0.3 is 5.97 Å². The van der Waals surface area contributed by atoms with Crippen LogP contribution in [0.15, 0.2) is 0 Å². The number of carboxylic acid groups (broad SMARTS) is 1. The molecule has 0 bridgehead atoms. The minimum Gasteiger partial charge on any atom is -0.481 e. The standard InChI is InChI=1S/C24H40O4/c1-14(4-7-21(27)28)17-5-6-18-22-19(9-11-24(17,18)3)23(2)10-8-16(25)12-15(23)13-20(22)26/h14-20,22,25-26H,4-13H2,1-3H3,(H,27,28)/t14-,15?,16?,17-,18?,19?,20+,22?,23+,24-/m1/s1. The van der Waals surface area contributed by atoms with Gasteiger partial charge in [-0.05, 0) is 104 Å². The van der Waals surface area contributed by atoms with Crippen molar-refractivity contribution in [1.82, 2.24) is 0 Å². The number of carboxylic acids is 1. The predicted molar refractivity (Wildman–Crippen MR) is 109 cm³/mol. The summed E-state index contributed by atoms with van der Waals surface area (Å²) in [6.07, 6.45) is 9.19. The highest BCUT2D eigenvalue weighted by Crippen LogP contribution is 2.68. The van der Waals surface area contributed by atoms with Crippen LogP contribution in [0.3, 0.4) is 0 Å². The van der Waals surface area contributed by atoms with Crippen molar-refractivity contribution in [3.05, 3.63) is 0 Å². The maximum atomic E-state index is 11.2. The van der Waals surface area contributed by atoms with Crippen molar-refractivity contribution >= 4 is 5.97 Å².